The van der Waals surface area contributed by atoms with Crippen molar-refractivity contribution in [1.82, 2.24) is 9.97 Å². The van der Waals surface area contributed by atoms with E-state index in [0.717, 1.165) is 36.8 Å². The highest BCUT2D eigenvalue weighted by atomic mass is 14.7. The number of nitrogens with zero attached hydrogens (tertiary/aromatic N) is 2. The first kappa shape index (κ1) is 18.6. The predicted molar refractivity (Wildman–Crippen MR) is 103 cm³/mol. The Kier molecular flexibility index (Phi) is 7.14. The number of pyridine rings is 2. The van der Waals surface area contributed by atoms with E-state index in [1.54, 1.807) is 12.4 Å². The van der Waals surface area contributed by atoms with Gasteiger partial charge in [-0.3, -0.25) is 15.4 Å². The number of unbranched alkanes of at least 4 members (excludes halogenated alkanes) is 4. The molecule has 0 bridgehead atoms. The summed E-state index contributed by atoms with van der Waals surface area (Å²) in [6, 6.07) is 4.03. The molecule has 0 aliphatic carbocycles. The SMILES string of the molecule is C=C(N)c1cncc(CCCCCCCc2cncc(C(=N)N)c2)c1. The molecule has 2 heterocycles. The van der Waals surface area contributed by atoms with Crippen molar-refractivity contribution in [3.05, 3.63) is 65.8 Å². The van der Waals surface area contributed by atoms with E-state index in [1.165, 1.54) is 24.8 Å². The number of hydrogen-bond acceptors (Lipinski definition) is 4. The molecule has 0 fully saturated rings. The summed E-state index contributed by atoms with van der Waals surface area (Å²) in [6.45, 7) is 3.75. The smallest absolute Gasteiger partial charge is 0.124 e. The summed E-state index contributed by atoms with van der Waals surface area (Å²) in [7, 11) is 0. The minimum atomic E-state index is 0.0751. The Balaban J connectivity index is 1.62. The molecule has 2 rings (SSSR count). The number of nitrogens with two attached hydrogens (primary N) is 2. The van der Waals surface area contributed by atoms with Crippen LogP contribution in [0, 0.1) is 5.41 Å². The van der Waals surface area contributed by atoms with E-state index in [1.807, 2.05) is 18.5 Å². The summed E-state index contributed by atoms with van der Waals surface area (Å²) in [6.07, 6.45) is 15.1. The monoisotopic (exact) mass is 337 g/mol. The fourth-order valence-electron chi connectivity index (χ4n) is 2.76. The first-order valence-electron chi connectivity index (χ1n) is 8.73. The molecule has 0 aliphatic heterocycles. The molecule has 0 unspecified atom stereocenters. The highest BCUT2D eigenvalue weighted by molar-refractivity contribution is 5.94. The van der Waals surface area contributed by atoms with Crippen molar-refractivity contribution in [2.45, 2.75) is 44.9 Å². The lowest BCUT2D eigenvalue weighted by Crippen LogP contribution is -2.11. The van der Waals surface area contributed by atoms with Crippen molar-refractivity contribution in [2.75, 3.05) is 0 Å². The molecule has 2 aromatic rings. The van der Waals surface area contributed by atoms with E-state index in [-0.39, 0.29) is 5.84 Å². The molecule has 0 aromatic carbocycles. The molecule has 132 valence electrons. The molecule has 0 atom stereocenters. The summed E-state index contributed by atoms with van der Waals surface area (Å²) in [5.41, 5.74) is 15.8. The van der Waals surface area contributed by atoms with Gasteiger partial charge in [0.25, 0.3) is 0 Å². The number of rotatable bonds is 10. The van der Waals surface area contributed by atoms with Gasteiger partial charge in [-0.05, 0) is 48.9 Å². The van der Waals surface area contributed by atoms with E-state index >= 15 is 0 Å². The van der Waals surface area contributed by atoms with Crippen LogP contribution in [-0.4, -0.2) is 15.8 Å². The second-order valence-corrected chi connectivity index (χ2v) is 6.37. The summed E-state index contributed by atoms with van der Waals surface area (Å²) >= 11 is 0. The molecule has 2 aromatic heterocycles. The first-order chi connectivity index (χ1) is 12.1. The lowest BCUT2D eigenvalue weighted by atomic mass is 10.0. The van der Waals surface area contributed by atoms with Crippen LogP contribution >= 0.6 is 0 Å². The third kappa shape index (κ3) is 6.37. The zero-order valence-electron chi connectivity index (χ0n) is 14.7. The Hall–Kier alpha value is -2.69. The van der Waals surface area contributed by atoms with Crippen molar-refractivity contribution >= 4 is 11.5 Å². The van der Waals surface area contributed by atoms with Crippen LogP contribution in [0.15, 0.2) is 43.5 Å². The molecule has 0 aliphatic rings. The highest BCUT2D eigenvalue weighted by Crippen LogP contribution is 2.13. The molecule has 0 spiro atoms. The molecule has 5 nitrogen and oxygen atoms in total. The van der Waals surface area contributed by atoms with Crippen LogP contribution in [-0.2, 0) is 12.8 Å². The molecular formula is C20H27N5. The number of aryl methyl sites for hydroxylation is 2. The van der Waals surface area contributed by atoms with Gasteiger partial charge in [-0.25, -0.2) is 0 Å². The number of aromatic nitrogens is 2. The predicted octanol–water partition coefficient (Wildman–Crippen LogP) is 3.43. The quantitative estimate of drug-likeness (QED) is 0.351. The van der Waals surface area contributed by atoms with Crippen molar-refractivity contribution < 1.29 is 0 Å². The van der Waals surface area contributed by atoms with E-state index in [4.69, 9.17) is 16.9 Å². The van der Waals surface area contributed by atoms with Gasteiger partial charge in [-0.15, -0.1) is 0 Å². The molecule has 0 saturated heterocycles. The lowest BCUT2D eigenvalue weighted by molar-refractivity contribution is 0.612. The van der Waals surface area contributed by atoms with Gasteiger partial charge in [0.2, 0.25) is 0 Å². The summed E-state index contributed by atoms with van der Waals surface area (Å²) in [5.74, 6) is 0.0751. The Labute approximate surface area is 149 Å². The second kappa shape index (κ2) is 9.57. The van der Waals surface area contributed by atoms with Crippen molar-refractivity contribution in [3.8, 4) is 0 Å². The molecule has 0 saturated carbocycles. The Bertz CT molecular complexity index is 662. The van der Waals surface area contributed by atoms with Crippen LogP contribution in [0.1, 0.15) is 54.4 Å². The maximum Gasteiger partial charge on any atom is 0.124 e. The normalized spacial score (nSPS) is 10.6. The second-order valence-electron chi connectivity index (χ2n) is 6.37. The zero-order chi connectivity index (χ0) is 18.1. The third-order valence-corrected chi connectivity index (χ3v) is 4.20. The van der Waals surface area contributed by atoms with Crippen LogP contribution in [0.5, 0.6) is 0 Å². The maximum atomic E-state index is 7.45. The van der Waals surface area contributed by atoms with Gasteiger partial charge in [-0.2, -0.15) is 0 Å². The average molecular weight is 337 g/mol. The Morgan fingerprint density at radius 1 is 0.800 bits per heavy atom. The van der Waals surface area contributed by atoms with Crippen LogP contribution < -0.4 is 11.5 Å². The van der Waals surface area contributed by atoms with Gasteiger partial charge in [0, 0.05) is 41.6 Å². The van der Waals surface area contributed by atoms with Crippen molar-refractivity contribution in [2.24, 2.45) is 11.5 Å². The minimum Gasteiger partial charge on any atom is -0.399 e. The third-order valence-electron chi connectivity index (χ3n) is 4.20. The van der Waals surface area contributed by atoms with Gasteiger partial charge in [0.15, 0.2) is 0 Å². The fraction of sp³-hybridized carbons (Fsp3) is 0.350. The van der Waals surface area contributed by atoms with Crippen LogP contribution in [0.3, 0.4) is 0 Å². The van der Waals surface area contributed by atoms with Crippen LogP contribution in [0.25, 0.3) is 5.70 Å². The maximum absolute atomic E-state index is 7.45. The lowest BCUT2D eigenvalue weighted by Gasteiger charge is -2.05. The van der Waals surface area contributed by atoms with Gasteiger partial charge in [-0.1, -0.05) is 25.8 Å². The zero-order valence-corrected chi connectivity index (χ0v) is 14.7. The van der Waals surface area contributed by atoms with Crippen LogP contribution in [0.4, 0.5) is 0 Å². The number of nitrogen functional groups attached to an aromatic ring is 1. The molecule has 0 amide bonds. The standard InChI is InChI=1S/C20H27N5/c1-15(21)18-9-16(11-24-13-18)7-5-3-2-4-6-8-17-10-19(20(22)23)14-25-12-17/h9-14H,1-8,21H2,(H3,22,23). The Morgan fingerprint density at radius 2 is 1.28 bits per heavy atom. The average Bonchev–Trinajstić information content (AvgIpc) is 2.61. The molecule has 5 heteroatoms. The summed E-state index contributed by atoms with van der Waals surface area (Å²) in [4.78, 5) is 8.36. The topological polar surface area (TPSA) is 102 Å². The molecular weight excluding hydrogens is 310 g/mol. The fourth-order valence-corrected chi connectivity index (χ4v) is 2.76. The van der Waals surface area contributed by atoms with Gasteiger partial charge in [0.05, 0.1) is 0 Å². The first-order valence-corrected chi connectivity index (χ1v) is 8.73. The summed E-state index contributed by atoms with van der Waals surface area (Å²) in [5, 5.41) is 7.45. The number of nitrogens with one attached hydrogen (secondary N) is 1. The van der Waals surface area contributed by atoms with E-state index in [9.17, 15) is 0 Å². The molecule has 0 radical (unpaired) electrons. The van der Waals surface area contributed by atoms with E-state index < -0.39 is 0 Å². The summed E-state index contributed by atoms with van der Waals surface area (Å²) < 4.78 is 0. The van der Waals surface area contributed by atoms with Gasteiger partial charge < -0.3 is 11.5 Å². The van der Waals surface area contributed by atoms with Gasteiger partial charge in [0.1, 0.15) is 5.84 Å². The van der Waals surface area contributed by atoms with Crippen molar-refractivity contribution in [1.29, 1.82) is 5.41 Å². The largest absolute Gasteiger partial charge is 0.399 e. The Morgan fingerprint density at radius 3 is 1.80 bits per heavy atom. The number of amidine groups is 1. The van der Waals surface area contributed by atoms with E-state index in [0.29, 0.717) is 11.3 Å². The minimum absolute atomic E-state index is 0.0751. The van der Waals surface area contributed by atoms with Crippen molar-refractivity contribution in [3.63, 3.8) is 0 Å². The van der Waals surface area contributed by atoms with Crippen LogP contribution in [0.2, 0.25) is 0 Å². The van der Waals surface area contributed by atoms with Gasteiger partial charge >= 0.3 is 0 Å². The highest BCUT2D eigenvalue weighted by Gasteiger charge is 2.01. The molecule has 25 heavy (non-hydrogen) atoms. The number of hydrogen-bond donors (Lipinski definition) is 3. The molecule has 5 N–H and O–H groups in total. The van der Waals surface area contributed by atoms with E-state index in [2.05, 4.69) is 22.6 Å².